The van der Waals surface area contributed by atoms with Crippen LogP contribution >= 0.6 is 11.6 Å². The van der Waals surface area contributed by atoms with Gasteiger partial charge in [-0.15, -0.1) is 0 Å². The van der Waals surface area contributed by atoms with Crippen molar-refractivity contribution >= 4 is 29.1 Å². The van der Waals surface area contributed by atoms with Crippen molar-refractivity contribution in [1.82, 2.24) is 5.32 Å². The van der Waals surface area contributed by atoms with Crippen LogP contribution in [0.1, 0.15) is 37.7 Å². The molecule has 1 saturated carbocycles. The minimum absolute atomic E-state index is 0.133. The van der Waals surface area contributed by atoms with Crippen LogP contribution < -0.4 is 10.6 Å². The molecule has 5 heteroatoms. The third kappa shape index (κ3) is 3.97. The molecule has 1 aromatic carbocycles. The van der Waals surface area contributed by atoms with E-state index < -0.39 is 11.8 Å². The largest absolute Gasteiger partial charge is 0.345 e. The van der Waals surface area contributed by atoms with Crippen LogP contribution in [0.2, 0.25) is 5.02 Å². The van der Waals surface area contributed by atoms with Crippen molar-refractivity contribution in [3.05, 3.63) is 28.8 Å². The Balaban J connectivity index is 1.91. The first-order valence-electron chi connectivity index (χ1n) is 6.94. The van der Waals surface area contributed by atoms with Crippen LogP contribution in [-0.4, -0.2) is 17.9 Å². The lowest BCUT2D eigenvalue weighted by Gasteiger charge is -2.22. The number of nitrogens with one attached hydrogen (secondary N) is 2. The van der Waals surface area contributed by atoms with E-state index >= 15 is 0 Å². The number of hydrogen-bond acceptors (Lipinski definition) is 2. The Morgan fingerprint density at radius 1 is 1.15 bits per heavy atom. The molecule has 1 aliphatic rings. The van der Waals surface area contributed by atoms with Crippen molar-refractivity contribution in [1.29, 1.82) is 0 Å². The molecule has 2 N–H and O–H groups in total. The second-order valence-corrected chi connectivity index (χ2v) is 5.66. The summed E-state index contributed by atoms with van der Waals surface area (Å²) in [4.78, 5) is 23.7. The fourth-order valence-electron chi connectivity index (χ4n) is 2.44. The monoisotopic (exact) mass is 294 g/mol. The first kappa shape index (κ1) is 14.9. The van der Waals surface area contributed by atoms with Gasteiger partial charge in [0.25, 0.3) is 0 Å². The molecule has 4 nitrogen and oxygen atoms in total. The topological polar surface area (TPSA) is 58.2 Å². The lowest BCUT2D eigenvalue weighted by Crippen LogP contribution is -2.42. The molecule has 1 fully saturated rings. The fourth-order valence-corrected chi connectivity index (χ4v) is 2.67. The zero-order valence-electron chi connectivity index (χ0n) is 11.5. The molecule has 0 bridgehead atoms. The summed E-state index contributed by atoms with van der Waals surface area (Å²) in [5.74, 6) is -1.19. The normalized spacial score (nSPS) is 15.7. The van der Waals surface area contributed by atoms with Gasteiger partial charge in [0.15, 0.2) is 0 Å². The Morgan fingerprint density at radius 3 is 2.50 bits per heavy atom. The number of carbonyl (C=O) groups excluding carboxylic acids is 2. The molecule has 20 heavy (non-hydrogen) atoms. The number of halogens is 1. The summed E-state index contributed by atoms with van der Waals surface area (Å²) >= 11 is 5.85. The van der Waals surface area contributed by atoms with Crippen LogP contribution in [0.15, 0.2) is 18.2 Å². The zero-order chi connectivity index (χ0) is 14.5. The molecule has 0 aromatic heterocycles. The Kier molecular flexibility index (Phi) is 5.01. The van der Waals surface area contributed by atoms with E-state index in [2.05, 4.69) is 10.6 Å². The highest BCUT2D eigenvalue weighted by Gasteiger charge is 2.20. The number of benzene rings is 1. The van der Waals surface area contributed by atoms with E-state index in [4.69, 9.17) is 11.6 Å². The molecule has 0 unspecified atom stereocenters. The van der Waals surface area contributed by atoms with Gasteiger partial charge < -0.3 is 10.6 Å². The SMILES string of the molecule is Cc1cc(Cl)ccc1NC(=O)C(=O)NC1CCCCC1. The molecule has 0 heterocycles. The van der Waals surface area contributed by atoms with Crippen molar-refractivity contribution in [3.63, 3.8) is 0 Å². The van der Waals surface area contributed by atoms with Crippen molar-refractivity contribution in [2.24, 2.45) is 0 Å². The van der Waals surface area contributed by atoms with Crippen LogP contribution in [0.25, 0.3) is 0 Å². The highest BCUT2D eigenvalue weighted by atomic mass is 35.5. The summed E-state index contributed by atoms with van der Waals surface area (Å²) in [6, 6.07) is 5.26. The standard InChI is InChI=1S/C15H19ClN2O2/c1-10-9-11(16)7-8-13(10)18-15(20)14(19)17-12-5-3-2-4-6-12/h7-9,12H,2-6H2,1H3,(H,17,19)(H,18,20). The summed E-state index contributed by atoms with van der Waals surface area (Å²) in [5.41, 5.74) is 1.44. The van der Waals surface area contributed by atoms with Gasteiger partial charge >= 0.3 is 11.8 Å². The maximum Gasteiger partial charge on any atom is 0.313 e. The Bertz CT molecular complexity index is 511. The van der Waals surface area contributed by atoms with Crippen LogP contribution in [-0.2, 0) is 9.59 Å². The molecule has 2 rings (SSSR count). The summed E-state index contributed by atoms with van der Waals surface area (Å²) < 4.78 is 0. The second kappa shape index (κ2) is 6.75. The Hall–Kier alpha value is -1.55. The molecular weight excluding hydrogens is 276 g/mol. The van der Waals surface area contributed by atoms with Gasteiger partial charge in [-0.3, -0.25) is 9.59 Å². The van der Waals surface area contributed by atoms with Gasteiger partial charge in [0.05, 0.1) is 0 Å². The quantitative estimate of drug-likeness (QED) is 0.824. The summed E-state index contributed by atoms with van der Waals surface area (Å²) in [6.45, 7) is 1.83. The third-order valence-electron chi connectivity index (χ3n) is 3.58. The van der Waals surface area contributed by atoms with Crippen LogP contribution in [0, 0.1) is 6.92 Å². The lowest BCUT2D eigenvalue weighted by atomic mass is 9.95. The van der Waals surface area contributed by atoms with Gasteiger partial charge in [0.1, 0.15) is 0 Å². The second-order valence-electron chi connectivity index (χ2n) is 5.22. The van der Waals surface area contributed by atoms with Crippen molar-refractivity contribution in [3.8, 4) is 0 Å². The molecule has 1 aliphatic carbocycles. The van der Waals surface area contributed by atoms with Gasteiger partial charge in [0.2, 0.25) is 0 Å². The number of aryl methyl sites for hydroxylation is 1. The smallest absolute Gasteiger partial charge is 0.313 e. The molecule has 108 valence electrons. The molecular formula is C15H19ClN2O2. The third-order valence-corrected chi connectivity index (χ3v) is 3.82. The van der Waals surface area contributed by atoms with E-state index in [0.717, 1.165) is 31.2 Å². The summed E-state index contributed by atoms with van der Waals surface area (Å²) in [6.07, 6.45) is 5.35. The molecule has 0 saturated heterocycles. The first-order chi connectivity index (χ1) is 9.56. The molecule has 0 aliphatic heterocycles. The minimum atomic E-state index is -0.624. The van der Waals surface area contributed by atoms with Gasteiger partial charge in [-0.2, -0.15) is 0 Å². The van der Waals surface area contributed by atoms with Crippen LogP contribution in [0.3, 0.4) is 0 Å². The van der Waals surface area contributed by atoms with E-state index in [1.807, 2.05) is 6.92 Å². The van der Waals surface area contributed by atoms with E-state index in [0.29, 0.717) is 10.7 Å². The van der Waals surface area contributed by atoms with Crippen molar-refractivity contribution in [2.45, 2.75) is 45.1 Å². The molecule has 0 radical (unpaired) electrons. The zero-order valence-corrected chi connectivity index (χ0v) is 12.3. The maximum atomic E-state index is 11.9. The molecule has 1 aromatic rings. The first-order valence-corrected chi connectivity index (χ1v) is 7.32. The van der Waals surface area contributed by atoms with E-state index in [1.54, 1.807) is 18.2 Å². The average Bonchev–Trinajstić information content (AvgIpc) is 2.43. The summed E-state index contributed by atoms with van der Waals surface area (Å²) in [5, 5.41) is 6.01. The Morgan fingerprint density at radius 2 is 1.85 bits per heavy atom. The predicted molar refractivity (Wildman–Crippen MR) is 79.8 cm³/mol. The highest BCUT2D eigenvalue weighted by molar-refractivity contribution is 6.39. The van der Waals surface area contributed by atoms with Crippen molar-refractivity contribution < 1.29 is 9.59 Å². The van der Waals surface area contributed by atoms with E-state index in [1.165, 1.54) is 6.42 Å². The molecule has 2 amide bonds. The molecule has 0 spiro atoms. The number of hydrogen-bond donors (Lipinski definition) is 2. The fraction of sp³-hybridized carbons (Fsp3) is 0.467. The highest BCUT2D eigenvalue weighted by Crippen LogP contribution is 2.20. The van der Waals surface area contributed by atoms with E-state index in [-0.39, 0.29) is 6.04 Å². The number of amides is 2. The van der Waals surface area contributed by atoms with E-state index in [9.17, 15) is 9.59 Å². The average molecular weight is 295 g/mol. The van der Waals surface area contributed by atoms with Crippen molar-refractivity contribution in [2.75, 3.05) is 5.32 Å². The lowest BCUT2D eigenvalue weighted by molar-refractivity contribution is -0.136. The number of rotatable bonds is 2. The minimum Gasteiger partial charge on any atom is -0.345 e. The van der Waals surface area contributed by atoms with Crippen LogP contribution in [0.5, 0.6) is 0 Å². The van der Waals surface area contributed by atoms with Gasteiger partial charge in [0, 0.05) is 16.8 Å². The van der Waals surface area contributed by atoms with Gasteiger partial charge in [-0.05, 0) is 43.5 Å². The van der Waals surface area contributed by atoms with Gasteiger partial charge in [-0.1, -0.05) is 30.9 Å². The molecule has 0 atom stereocenters. The number of anilines is 1. The number of carbonyl (C=O) groups is 2. The van der Waals surface area contributed by atoms with Gasteiger partial charge in [-0.25, -0.2) is 0 Å². The summed E-state index contributed by atoms with van der Waals surface area (Å²) in [7, 11) is 0. The predicted octanol–water partition coefficient (Wildman–Crippen LogP) is 3.04. The van der Waals surface area contributed by atoms with Crippen LogP contribution in [0.4, 0.5) is 5.69 Å². The Labute approximate surface area is 123 Å². The maximum absolute atomic E-state index is 11.9.